The zero-order valence-corrected chi connectivity index (χ0v) is 12.9. The minimum Gasteiger partial charge on any atom is -0.468 e. The number of ether oxygens (including phenoxy) is 1. The highest BCUT2D eigenvalue weighted by Gasteiger charge is 2.22. The van der Waals surface area contributed by atoms with Crippen LogP contribution in [-0.2, 0) is 9.53 Å². The molecule has 1 heterocycles. The number of esters is 1. The first-order chi connectivity index (χ1) is 9.65. The zero-order chi connectivity index (χ0) is 14.5. The van der Waals surface area contributed by atoms with Gasteiger partial charge in [0.25, 0.3) is 0 Å². The molecule has 20 heavy (non-hydrogen) atoms. The van der Waals surface area contributed by atoms with Gasteiger partial charge in [-0.25, -0.2) is 9.97 Å². The largest absolute Gasteiger partial charge is 0.468 e. The second-order valence-electron chi connectivity index (χ2n) is 4.29. The van der Waals surface area contributed by atoms with Crippen molar-refractivity contribution in [2.24, 2.45) is 0 Å². The molecule has 0 radical (unpaired) electrons. The molecule has 1 aromatic carbocycles. The SMILES string of the molecule is CCC(C(=O)OC)c1nccc(-c2cccc(Br)c2)n1. The van der Waals surface area contributed by atoms with Gasteiger partial charge in [-0.05, 0) is 24.6 Å². The maximum absolute atomic E-state index is 11.7. The molecule has 1 atom stereocenters. The van der Waals surface area contributed by atoms with E-state index in [1.54, 1.807) is 6.20 Å². The van der Waals surface area contributed by atoms with Crippen LogP contribution in [0.3, 0.4) is 0 Å². The predicted octanol–water partition coefficient (Wildman–Crippen LogP) is 3.57. The molecule has 5 heteroatoms. The summed E-state index contributed by atoms with van der Waals surface area (Å²) in [5.41, 5.74) is 1.77. The second-order valence-corrected chi connectivity index (χ2v) is 5.21. The van der Waals surface area contributed by atoms with Crippen molar-refractivity contribution in [3.63, 3.8) is 0 Å². The van der Waals surface area contributed by atoms with Gasteiger partial charge in [0.05, 0.1) is 12.8 Å². The van der Waals surface area contributed by atoms with Gasteiger partial charge in [-0.3, -0.25) is 4.79 Å². The summed E-state index contributed by atoms with van der Waals surface area (Å²) in [4.78, 5) is 20.4. The molecule has 4 nitrogen and oxygen atoms in total. The Morgan fingerprint density at radius 1 is 1.40 bits per heavy atom. The lowest BCUT2D eigenvalue weighted by atomic mass is 10.1. The molecule has 1 aromatic heterocycles. The molecular formula is C15H15BrN2O2. The normalized spacial score (nSPS) is 11.9. The third-order valence-corrected chi connectivity index (χ3v) is 3.49. The number of aromatic nitrogens is 2. The Morgan fingerprint density at radius 3 is 2.85 bits per heavy atom. The van der Waals surface area contributed by atoms with Gasteiger partial charge in [0, 0.05) is 16.2 Å². The third kappa shape index (κ3) is 3.22. The number of carbonyl (C=O) groups is 1. The van der Waals surface area contributed by atoms with E-state index in [1.165, 1.54) is 7.11 Å². The van der Waals surface area contributed by atoms with Crippen LogP contribution in [0.4, 0.5) is 0 Å². The first-order valence-corrected chi connectivity index (χ1v) is 7.11. The van der Waals surface area contributed by atoms with Crippen molar-refractivity contribution in [2.45, 2.75) is 19.3 Å². The van der Waals surface area contributed by atoms with Crippen LogP contribution in [0.5, 0.6) is 0 Å². The van der Waals surface area contributed by atoms with Crippen molar-refractivity contribution < 1.29 is 9.53 Å². The average Bonchev–Trinajstić information content (AvgIpc) is 2.48. The maximum atomic E-state index is 11.7. The molecule has 0 amide bonds. The van der Waals surface area contributed by atoms with Crippen LogP contribution in [0.2, 0.25) is 0 Å². The van der Waals surface area contributed by atoms with E-state index in [1.807, 2.05) is 37.3 Å². The molecule has 0 saturated carbocycles. The highest BCUT2D eigenvalue weighted by molar-refractivity contribution is 9.10. The molecule has 0 aliphatic rings. The summed E-state index contributed by atoms with van der Waals surface area (Å²) in [5, 5.41) is 0. The van der Waals surface area contributed by atoms with Gasteiger partial charge in [0.1, 0.15) is 11.7 Å². The van der Waals surface area contributed by atoms with Crippen LogP contribution in [0.25, 0.3) is 11.3 Å². The molecule has 2 rings (SSSR count). The Balaban J connectivity index is 2.39. The molecule has 0 N–H and O–H groups in total. The minimum absolute atomic E-state index is 0.307. The molecule has 2 aromatic rings. The zero-order valence-electron chi connectivity index (χ0n) is 11.3. The first-order valence-electron chi connectivity index (χ1n) is 6.32. The molecule has 104 valence electrons. The Bertz CT molecular complexity index is 616. The second kappa shape index (κ2) is 6.61. The van der Waals surface area contributed by atoms with Crippen molar-refractivity contribution in [1.82, 2.24) is 9.97 Å². The van der Waals surface area contributed by atoms with Crippen molar-refractivity contribution in [3.05, 3.63) is 46.8 Å². The first kappa shape index (κ1) is 14.7. The van der Waals surface area contributed by atoms with E-state index in [0.29, 0.717) is 12.2 Å². The molecule has 0 aliphatic carbocycles. The van der Waals surface area contributed by atoms with Crippen molar-refractivity contribution >= 4 is 21.9 Å². The molecule has 0 fully saturated rings. The van der Waals surface area contributed by atoms with Gasteiger partial charge in [0.15, 0.2) is 0 Å². The van der Waals surface area contributed by atoms with Gasteiger partial charge in [0.2, 0.25) is 0 Å². The van der Waals surface area contributed by atoms with Crippen LogP contribution in [0.15, 0.2) is 41.0 Å². The van der Waals surface area contributed by atoms with Crippen molar-refractivity contribution in [1.29, 1.82) is 0 Å². The lowest BCUT2D eigenvalue weighted by molar-refractivity contribution is -0.142. The quantitative estimate of drug-likeness (QED) is 0.802. The van der Waals surface area contributed by atoms with Crippen molar-refractivity contribution in [3.8, 4) is 11.3 Å². The van der Waals surface area contributed by atoms with Crippen molar-refractivity contribution in [2.75, 3.05) is 7.11 Å². The van der Waals surface area contributed by atoms with E-state index in [0.717, 1.165) is 15.7 Å². The number of rotatable bonds is 4. The van der Waals surface area contributed by atoms with Crippen LogP contribution in [-0.4, -0.2) is 23.0 Å². The third-order valence-electron chi connectivity index (χ3n) is 3.00. The summed E-state index contributed by atoms with van der Waals surface area (Å²) in [6.07, 6.45) is 2.28. The number of nitrogens with zero attached hydrogens (tertiary/aromatic N) is 2. The fourth-order valence-electron chi connectivity index (χ4n) is 1.95. The van der Waals surface area contributed by atoms with Crippen LogP contribution in [0, 0.1) is 0 Å². The summed E-state index contributed by atoms with van der Waals surface area (Å²) in [6.45, 7) is 1.91. The lowest BCUT2D eigenvalue weighted by Crippen LogP contribution is -2.16. The predicted molar refractivity (Wildman–Crippen MR) is 80.2 cm³/mol. The molecule has 0 spiro atoms. The molecule has 0 aliphatic heterocycles. The van der Waals surface area contributed by atoms with Gasteiger partial charge in [-0.15, -0.1) is 0 Å². The number of halogens is 1. The van der Waals surface area contributed by atoms with Gasteiger partial charge >= 0.3 is 5.97 Å². The Hall–Kier alpha value is -1.75. The van der Waals surface area contributed by atoms with E-state index in [4.69, 9.17) is 4.74 Å². The summed E-state index contributed by atoms with van der Waals surface area (Å²) in [6, 6.07) is 9.67. The number of methoxy groups -OCH3 is 1. The Morgan fingerprint density at radius 2 is 2.20 bits per heavy atom. The van der Waals surface area contributed by atoms with E-state index >= 15 is 0 Å². The van der Waals surface area contributed by atoms with E-state index in [-0.39, 0.29) is 5.97 Å². The number of carbonyl (C=O) groups excluding carboxylic acids is 1. The topological polar surface area (TPSA) is 52.1 Å². The number of benzene rings is 1. The Labute approximate surface area is 126 Å². The fraction of sp³-hybridized carbons (Fsp3) is 0.267. The highest BCUT2D eigenvalue weighted by Crippen LogP contribution is 2.23. The number of hydrogen-bond acceptors (Lipinski definition) is 4. The van der Waals surface area contributed by atoms with Crippen LogP contribution in [0.1, 0.15) is 25.1 Å². The van der Waals surface area contributed by atoms with Crippen LogP contribution >= 0.6 is 15.9 Å². The maximum Gasteiger partial charge on any atom is 0.316 e. The van der Waals surface area contributed by atoms with E-state index in [2.05, 4.69) is 25.9 Å². The standard InChI is InChI=1S/C15H15BrN2O2/c1-3-12(15(19)20-2)14-17-8-7-13(18-14)10-5-4-6-11(16)9-10/h4-9,12H,3H2,1-2H3. The van der Waals surface area contributed by atoms with Gasteiger partial charge < -0.3 is 4.74 Å². The number of hydrogen-bond donors (Lipinski definition) is 0. The highest BCUT2D eigenvalue weighted by atomic mass is 79.9. The molecule has 0 saturated heterocycles. The Kier molecular flexibility index (Phi) is 4.84. The summed E-state index contributed by atoms with van der Waals surface area (Å²) < 4.78 is 5.78. The summed E-state index contributed by atoms with van der Waals surface area (Å²) >= 11 is 3.44. The van der Waals surface area contributed by atoms with E-state index in [9.17, 15) is 4.79 Å². The van der Waals surface area contributed by atoms with E-state index < -0.39 is 5.92 Å². The minimum atomic E-state index is -0.424. The summed E-state index contributed by atoms with van der Waals surface area (Å²) in [5.74, 6) is -0.233. The molecule has 1 unspecified atom stereocenters. The smallest absolute Gasteiger partial charge is 0.316 e. The monoisotopic (exact) mass is 334 g/mol. The lowest BCUT2D eigenvalue weighted by Gasteiger charge is -2.12. The summed E-state index contributed by atoms with van der Waals surface area (Å²) in [7, 11) is 1.38. The average molecular weight is 335 g/mol. The molecular weight excluding hydrogens is 320 g/mol. The fourth-order valence-corrected chi connectivity index (χ4v) is 2.35. The van der Waals surface area contributed by atoms with Crippen LogP contribution < -0.4 is 0 Å². The van der Waals surface area contributed by atoms with Gasteiger partial charge in [-0.2, -0.15) is 0 Å². The molecule has 0 bridgehead atoms. The van der Waals surface area contributed by atoms with Gasteiger partial charge in [-0.1, -0.05) is 35.0 Å².